The van der Waals surface area contributed by atoms with Crippen LogP contribution in [0.4, 0.5) is 5.13 Å². The van der Waals surface area contributed by atoms with Crippen LogP contribution in [0.3, 0.4) is 0 Å². The number of fused-ring (bicyclic) bond motifs is 1. The zero-order chi connectivity index (χ0) is 20.6. The van der Waals surface area contributed by atoms with E-state index in [9.17, 15) is 13.2 Å². The standard InChI is InChI=1S/C19H19ClN4O3S2/c1-23-8-10-24(11-9-23)29(26,27)15-6-7-16-17(12-15)28-19(21-16)22-18(25)13-2-4-14(20)5-3-13/h2-7,12H,8-11H2,1H3,(H,21,22,25). The van der Waals surface area contributed by atoms with Gasteiger partial charge in [-0.05, 0) is 49.5 Å². The minimum Gasteiger partial charge on any atom is -0.304 e. The van der Waals surface area contributed by atoms with Crippen LogP contribution in [0.5, 0.6) is 0 Å². The van der Waals surface area contributed by atoms with Gasteiger partial charge in [0.2, 0.25) is 10.0 Å². The van der Waals surface area contributed by atoms with Gasteiger partial charge in [-0.1, -0.05) is 22.9 Å². The maximum atomic E-state index is 12.9. The largest absolute Gasteiger partial charge is 0.304 e. The van der Waals surface area contributed by atoms with Crippen molar-refractivity contribution < 1.29 is 13.2 Å². The molecule has 2 aromatic carbocycles. The number of benzene rings is 2. The Balaban J connectivity index is 1.56. The highest BCUT2D eigenvalue weighted by Gasteiger charge is 2.27. The molecule has 1 amide bonds. The first-order valence-electron chi connectivity index (χ1n) is 8.99. The molecule has 3 aromatic rings. The van der Waals surface area contributed by atoms with Crippen molar-refractivity contribution >= 4 is 54.2 Å². The Bertz CT molecular complexity index is 1150. The summed E-state index contributed by atoms with van der Waals surface area (Å²) in [5, 5.41) is 3.72. The molecule has 29 heavy (non-hydrogen) atoms. The smallest absolute Gasteiger partial charge is 0.257 e. The lowest BCUT2D eigenvalue weighted by Crippen LogP contribution is -2.46. The molecule has 1 aromatic heterocycles. The van der Waals surface area contributed by atoms with Crippen molar-refractivity contribution in [3.63, 3.8) is 0 Å². The van der Waals surface area contributed by atoms with Gasteiger partial charge < -0.3 is 4.90 Å². The van der Waals surface area contributed by atoms with E-state index >= 15 is 0 Å². The van der Waals surface area contributed by atoms with Gasteiger partial charge in [0.1, 0.15) is 0 Å². The highest BCUT2D eigenvalue weighted by atomic mass is 35.5. The molecule has 0 unspecified atom stereocenters. The highest BCUT2D eigenvalue weighted by Crippen LogP contribution is 2.30. The number of nitrogens with one attached hydrogen (secondary N) is 1. The number of piperazine rings is 1. The minimum atomic E-state index is -3.55. The van der Waals surface area contributed by atoms with Crippen molar-refractivity contribution in [3.05, 3.63) is 53.1 Å². The van der Waals surface area contributed by atoms with Gasteiger partial charge in [0.15, 0.2) is 5.13 Å². The SMILES string of the molecule is CN1CCN(S(=O)(=O)c2ccc3nc(NC(=O)c4ccc(Cl)cc4)sc3c2)CC1. The number of amides is 1. The Labute approximate surface area is 178 Å². The quantitative estimate of drug-likeness (QED) is 0.660. The Hall–Kier alpha value is -2.04. The number of anilines is 1. The predicted octanol–water partition coefficient (Wildman–Crippen LogP) is 3.14. The average molecular weight is 451 g/mol. The van der Waals surface area contributed by atoms with Crippen molar-refractivity contribution in [2.75, 3.05) is 38.5 Å². The molecule has 1 aliphatic heterocycles. The van der Waals surface area contributed by atoms with Crippen molar-refractivity contribution in [1.29, 1.82) is 0 Å². The molecule has 152 valence electrons. The van der Waals surface area contributed by atoms with Crippen LogP contribution in [0, 0.1) is 0 Å². The topological polar surface area (TPSA) is 82.6 Å². The number of hydrogen-bond acceptors (Lipinski definition) is 6. The van der Waals surface area contributed by atoms with E-state index < -0.39 is 10.0 Å². The lowest BCUT2D eigenvalue weighted by atomic mass is 10.2. The van der Waals surface area contributed by atoms with Crippen LogP contribution in [0.25, 0.3) is 10.2 Å². The second-order valence-corrected chi connectivity index (χ2v) is 10.2. The molecule has 0 saturated carbocycles. The summed E-state index contributed by atoms with van der Waals surface area (Å²) in [6.07, 6.45) is 0. The van der Waals surface area contributed by atoms with Crippen molar-refractivity contribution in [2.24, 2.45) is 0 Å². The van der Waals surface area contributed by atoms with E-state index in [0.29, 0.717) is 52.1 Å². The van der Waals surface area contributed by atoms with E-state index in [0.717, 1.165) is 0 Å². The molecule has 10 heteroatoms. The van der Waals surface area contributed by atoms with Gasteiger partial charge in [0.25, 0.3) is 5.91 Å². The van der Waals surface area contributed by atoms with Gasteiger partial charge in [-0.2, -0.15) is 4.31 Å². The fourth-order valence-corrected chi connectivity index (χ4v) is 5.62. The Morgan fingerprint density at radius 2 is 1.79 bits per heavy atom. The zero-order valence-electron chi connectivity index (χ0n) is 15.6. The molecule has 7 nitrogen and oxygen atoms in total. The fraction of sp³-hybridized carbons (Fsp3) is 0.263. The van der Waals surface area contributed by atoms with Gasteiger partial charge in [-0.3, -0.25) is 10.1 Å². The molecular weight excluding hydrogens is 432 g/mol. The first kappa shape index (κ1) is 20.2. The van der Waals surface area contributed by atoms with Crippen LogP contribution in [-0.4, -0.2) is 61.7 Å². The fourth-order valence-electron chi connectivity index (χ4n) is 3.07. The number of aromatic nitrogens is 1. The second kappa shape index (κ2) is 8.00. The molecule has 0 spiro atoms. The Morgan fingerprint density at radius 3 is 2.48 bits per heavy atom. The number of halogens is 1. The number of thiazole rings is 1. The number of carbonyl (C=O) groups excluding carboxylic acids is 1. The first-order chi connectivity index (χ1) is 13.8. The summed E-state index contributed by atoms with van der Waals surface area (Å²) in [7, 11) is -1.57. The van der Waals surface area contributed by atoms with E-state index in [1.165, 1.54) is 15.6 Å². The molecule has 1 N–H and O–H groups in total. The van der Waals surface area contributed by atoms with E-state index in [2.05, 4.69) is 15.2 Å². The van der Waals surface area contributed by atoms with E-state index in [1.54, 1.807) is 42.5 Å². The summed E-state index contributed by atoms with van der Waals surface area (Å²) in [6.45, 7) is 2.37. The lowest BCUT2D eigenvalue weighted by molar-refractivity contribution is 0.102. The van der Waals surface area contributed by atoms with Gasteiger partial charge >= 0.3 is 0 Å². The molecule has 0 aliphatic carbocycles. The average Bonchev–Trinajstić information content (AvgIpc) is 3.10. The molecule has 1 saturated heterocycles. The van der Waals surface area contributed by atoms with Crippen LogP contribution in [0.2, 0.25) is 5.02 Å². The van der Waals surface area contributed by atoms with Crippen LogP contribution >= 0.6 is 22.9 Å². The summed E-state index contributed by atoms with van der Waals surface area (Å²) in [5.74, 6) is -0.300. The van der Waals surface area contributed by atoms with Gasteiger partial charge in [-0.15, -0.1) is 0 Å². The Kier molecular flexibility index (Phi) is 5.58. The van der Waals surface area contributed by atoms with Gasteiger partial charge in [0, 0.05) is 36.8 Å². The van der Waals surface area contributed by atoms with Crippen LogP contribution in [-0.2, 0) is 10.0 Å². The van der Waals surface area contributed by atoms with Crippen LogP contribution in [0.1, 0.15) is 10.4 Å². The third kappa shape index (κ3) is 4.29. The number of likely N-dealkylation sites (N-methyl/N-ethyl adjacent to an activating group) is 1. The van der Waals surface area contributed by atoms with Gasteiger partial charge in [-0.25, -0.2) is 13.4 Å². The number of rotatable bonds is 4. The second-order valence-electron chi connectivity index (χ2n) is 6.82. The minimum absolute atomic E-state index is 0.244. The summed E-state index contributed by atoms with van der Waals surface area (Å²) in [5.41, 5.74) is 1.10. The third-order valence-electron chi connectivity index (χ3n) is 4.79. The van der Waals surface area contributed by atoms with Crippen molar-refractivity contribution in [3.8, 4) is 0 Å². The Morgan fingerprint density at radius 1 is 1.10 bits per heavy atom. The molecule has 0 radical (unpaired) electrons. The lowest BCUT2D eigenvalue weighted by Gasteiger charge is -2.31. The molecule has 2 heterocycles. The summed E-state index contributed by atoms with van der Waals surface area (Å²) in [6, 6.07) is 11.4. The molecule has 0 atom stereocenters. The monoisotopic (exact) mass is 450 g/mol. The van der Waals surface area contributed by atoms with E-state index in [4.69, 9.17) is 11.6 Å². The van der Waals surface area contributed by atoms with Crippen molar-refractivity contribution in [1.82, 2.24) is 14.2 Å². The first-order valence-corrected chi connectivity index (χ1v) is 11.6. The summed E-state index contributed by atoms with van der Waals surface area (Å²) >= 11 is 7.09. The van der Waals surface area contributed by atoms with Crippen LogP contribution < -0.4 is 5.32 Å². The maximum Gasteiger partial charge on any atom is 0.257 e. The number of hydrogen-bond donors (Lipinski definition) is 1. The van der Waals surface area contributed by atoms with E-state index in [1.807, 2.05) is 7.05 Å². The number of carbonyl (C=O) groups is 1. The number of sulfonamides is 1. The molecular formula is C19H19ClN4O3S2. The third-order valence-corrected chi connectivity index (χ3v) is 7.87. The van der Waals surface area contributed by atoms with E-state index in [-0.39, 0.29) is 10.8 Å². The zero-order valence-corrected chi connectivity index (χ0v) is 18.0. The highest BCUT2D eigenvalue weighted by molar-refractivity contribution is 7.89. The van der Waals surface area contributed by atoms with Crippen molar-refractivity contribution in [2.45, 2.75) is 4.90 Å². The van der Waals surface area contributed by atoms with Crippen LogP contribution in [0.15, 0.2) is 47.4 Å². The summed E-state index contributed by atoms with van der Waals surface area (Å²) in [4.78, 5) is 19.1. The normalized spacial score (nSPS) is 16.2. The summed E-state index contributed by atoms with van der Waals surface area (Å²) < 4.78 is 28.1. The molecule has 0 bridgehead atoms. The molecule has 1 fully saturated rings. The maximum absolute atomic E-state index is 12.9. The molecule has 4 rings (SSSR count). The predicted molar refractivity (Wildman–Crippen MR) is 115 cm³/mol. The number of nitrogens with zero attached hydrogens (tertiary/aromatic N) is 3. The molecule has 1 aliphatic rings. The van der Waals surface area contributed by atoms with Gasteiger partial charge in [0.05, 0.1) is 15.1 Å².